The number of carboxylic acids is 1. The van der Waals surface area contributed by atoms with E-state index in [9.17, 15) is 37.5 Å². The van der Waals surface area contributed by atoms with Crippen LogP contribution in [-0.4, -0.2) is 70.2 Å². The number of nitrogens with one attached hydrogen (secondary N) is 4. The first-order valence-electron chi connectivity index (χ1n) is 12.0. The Labute approximate surface area is 234 Å². The molecule has 2 saturated heterocycles. The number of benzene rings is 2. The molecule has 212 valence electrons. The number of nitrogens with zero attached hydrogens (tertiary/aromatic N) is 1. The number of hydrogen-bond donors (Lipinski definition) is 5. The van der Waals surface area contributed by atoms with Crippen LogP contribution in [0.3, 0.4) is 0 Å². The summed E-state index contributed by atoms with van der Waals surface area (Å²) in [6.07, 6.45) is 0. The highest BCUT2D eigenvalue weighted by Gasteiger charge is 2.64. The van der Waals surface area contributed by atoms with Gasteiger partial charge < -0.3 is 20.6 Å². The van der Waals surface area contributed by atoms with Crippen molar-refractivity contribution in [3.63, 3.8) is 0 Å². The Balaban J connectivity index is 1.49. The van der Waals surface area contributed by atoms with Crippen LogP contribution in [0.5, 0.6) is 0 Å². The fourth-order valence-electron chi connectivity index (χ4n) is 4.57. The van der Waals surface area contributed by atoms with Gasteiger partial charge in [-0.1, -0.05) is 30.3 Å². The summed E-state index contributed by atoms with van der Waals surface area (Å²) in [7, 11) is -4.60. The van der Waals surface area contributed by atoms with E-state index in [0.29, 0.717) is 5.69 Å². The number of hydrogen-bond acceptors (Lipinski definition) is 8. The topological polar surface area (TPSA) is 191 Å². The summed E-state index contributed by atoms with van der Waals surface area (Å²) >= 11 is 1.23. The Bertz CT molecular complexity index is 1460. The van der Waals surface area contributed by atoms with Crippen LogP contribution in [0.2, 0.25) is 0 Å². The quantitative estimate of drug-likeness (QED) is 0.260. The van der Waals surface area contributed by atoms with Crippen molar-refractivity contribution in [2.45, 2.75) is 49.0 Å². The second-order valence-electron chi connectivity index (χ2n) is 9.74. The van der Waals surface area contributed by atoms with Crippen LogP contribution < -0.4 is 20.1 Å². The average molecular weight is 590 g/mol. The molecule has 40 heavy (non-hydrogen) atoms. The van der Waals surface area contributed by atoms with Crippen LogP contribution in [0.4, 0.5) is 5.69 Å². The van der Waals surface area contributed by atoms with Crippen LogP contribution in [0, 0.1) is 0 Å². The minimum atomic E-state index is -4.60. The van der Waals surface area contributed by atoms with Crippen molar-refractivity contribution in [2.24, 2.45) is 0 Å². The van der Waals surface area contributed by atoms with Gasteiger partial charge in [-0.25, -0.2) is 9.52 Å². The number of thioether (sulfide) groups is 1. The zero-order chi connectivity index (χ0) is 29.4. The number of carboxylic acid groups (broad SMARTS) is 1. The molecule has 0 aromatic heterocycles. The summed E-state index contributed by atoms with van der Waals surface area (Å²) < 4.78 is 29.0. The molecule has 2 aliphatic heterocycles. The Morgan fingerprint density at radius 3 is 2.23 bits per heavy atom. The normalized spacial score (nSPS) is 21.9. The molecule has 4 atom stereocenters. The first-order valence-corrected chi connectivity index (χ1v) is 14.4. The van der Waals surface area contributed by atoms with Gasteiger partial charge >= 0.3 is 16.2 Å². The molecule has 2 aromatic rings. The zero-order valence-electron chi connectivity index (χ0n) is 21.6. The molecular weight excluding hydrogens is 562 g/mol. The number of β-lactam (4-membered cyclic amide) rings is 1. The minimum Gasteiger partial charge on any atom is -0.480 e. The van der Waals surface area contributed by atoms with Gasteiger partial charge in [-0.15, -0.1) is 11.8 Å². The molecule has 0 radical (unpaired) electrons. The van der Waals surface area contributed by atoms with E-state index in [-0.39, 0.29) is 17.0 Å². The van der Waals surface area contributed by atoms with Gasteiger partial charge in [0.05, 0.1) is 0 Å². The number of aliphatic carboxylic acids is 1. The summed E-state index contributed by atoms with van der Waals surface area (Å²) in [5.41, 5.74) is 0.631. The zero-order valence-corrected chi connectivity index (χ0v) is 23.2. The summed E-state index contributed by atoms with van der Waals surface area (Å²) in [6, 6.07) is 9.65. The lowest BCUT2D eigenvalue weighted by atomic mass is 9.95. The maximum Gasteiger partial charge on any atom is 0.327 e. The minimum absolute atomic E-state index is 0.0193. The van der Waals surface area contributed by atoms with E-state index in [1.807, 2.05) is 4.72 Å². The number of fused-ring (bicyclic) bond motifs is 1. The summed E-state index contributed by atoms with van der Waals surface area (Å²) in [5.74, 6) is -3.91. The Morgan fingerprint density at radius 1 is 1.02 bits per heavy atom. The van der Waals surface area contributed by atoms with Gasteiger partial charge in [0.15, 0.2) is 0 Å². The molecule has 0 bridgehead atoms. The van der Waals surface area contributed by atoms with Crippen molar-refractivity contribution in [3.8, 4) is 0 Å². The van der Waals surface area contributed by atoms with Crippen LogP contribution in [0.25, 0.3) is 0 Å². The number of amides is 4. The SMILES string of the molecule is CC(=O)Nc1ccc(C(=O)NS(=O)(=O)NC(C(=O)N[C@@H]2C(=O)N3[C@@H]2SC(C)(C)[C@@H]3C(=O)O)c2ccccc2)cc1. The maximum atomic E-state index is 13.3. The second-order valence-corrected chi connectivity index (χ2v) is 13.0. The Morgan fingerprint density at radius 2 is 1.65 bits per heavy atom. The van der Waals surface area contributed by atoms with Crippen molar-refractivity contribution >= 4 is 57.3 Å². The van der Waals surface area contributed by atoms with Gasteiger partial charge in [0.2, 0.25) is 17.7 Å². The van der Waals surface area contributed by atoms with E-state index in [1.54, 1.807) is 32.0 Å². The largest absolute Gasteiger partial charge is 0.480 e. The van der Waals surface area contributed by atoms with E-state index >= 15 is 0 Å². The van der Waals surface area contributed by atoms with Gasteiger partial charge in [0, 0.05) is 22.9 Å². The van der Waals surface area contributed by atoms with E-state index in [0.717, 1.165) is 0 Å². The van der Waals surface area contributed by atoms with E-state index in [4.69, 9.17) is 0 Å². The van der Waals surface area contributed by atoms with E-state index in [2.05, 4.69) is 15.4 Å². The molecule has 1 unspecified atom stereocenters. The smallest absolute Gasteiger partial charge is 0.327 e. The monoisotopic (exact) mass is 589 g/mol. The number of rotatable bonds is 9. The Kier molecular flexibility index (Phi) is 7.92. The molecule has 0 spiro atoms. The van der Waals surface area contributed by atoms with Gasteiger partial charge in [0.1, 0.15) is 23.5 Å². The van der Waals surface area contributed by atoms with Gasteiger partial charge in [0.25, 0.3) is 5.91 Å². The first-order chi connectivity index (χ1) is 18.7. The lowest BCUT2D eigenvalue weighted by molar-refractivity contribution is -0.161. The molecule has 4 amide bonds. The highest BCUT2D eigenvalue weighted by molar-refractivity contribution is 8.01. The molecule has 2 aliphatic rings. The molecule has 0 aliphatic carbocycles. The number of anilines is 1. The molecule has 2 fully saturated rings. The second kappa shape index (κ2) is 10.9. The van der Waals surface area contributed by atoms with Crippen molar-refractivity contribution in [1.82, 2.24) is 19.7 Å². The van der Waals surface area contributed by atoms with Crippen molar-refractivity contribution in [2.75, 3.05) is 5.32 Å². The van der Waals surface area contributed by atoms with E-state index < -0.39 is 62.1 Å². The molecule has 2 heterocycles. The predicted molar refractivity (Wildman–Crippen MR) is 145 cm³/mol. The fourth-order valence-corrected chi connectivity index (χ4v) is 7.17. The highest BCUT2D eigenvalue weighted by atomic mass is 32.2. The van der Waals surface area contributed by atoms with Crippen molar-refractivity contribution < 1.29 is 37.5 Å². The average Bonchev–Trinajstić information content (AvgIpc) is 3.13. The third kappa shape index (κ3) is 5.95. The summed E-state index contributed by atoms with van der Waals surface area (Å²) in [6.45, 7) is 4.70. The van der Waals surface area contributed by atoms with Crippen LogP contribution in [0.15, 0.2) is 54.6 Å². The fraction of sp³-hybridized carbons (Fsp3) is 0.320. The lowest BCUT2D eigenvalue weighted by Gasteiger charge is -2.44. The molecule has 2 aromatic carbocycles. The molecule has 13 nitrogen and oxygen atoms in total. The summed E-state index contributed by atoms with van der Waals surface area (Å²) in [5, 5.41) is 14.0. The predicted octanol–water partition coefficient (Wildman–Crippen LogP) is 0.582. The molecule has 0 saturated carbocycles. The number of carbonyl (C=O) groups is 5. The standard InChI is InChI=1S/C25H27N5O8S2/c1-13(31)26-16-11-9-15(10-12-16)20(32)29-40(37,38)28-17(14-7-5-4-6-8-14)21(33)27-18-22(34)30-19(24(35)36)25(2,3)39-23(18)30/h4-12,17-19,23,28H,1-3H3,(H,26,31)(H,27,33)(H,29,32)(H,35,36)/t17?,18-,19+,23-/m1/s1. The van der Waals surface area contributed by atoms with Gasteiger partial charge in [-0.2, -0.15) is 13.1 Å². The third-order valence-electron chi connectivity index (χ3n) is 6.34. The van der Waals surface area contributed by atoms with Gasteiger partial charge in [-0.05, 0) is 43.7 Å². The maximum absolute atomic E-state index is 13.3. The van der Waals surface area contributed by atoms with Crippen molar-refractivity contribution in [1.29, 1.82) is 0 Å². The van der Waals surface area contributed by atoms with Crippen LogP contribution >= 0.6 is 11.8 Å². The first kappa shape index (κ1) is 29.0. The van der Waals surface area contributed by atoms with Crippen molar-refractivity contribution in [3.05, 3.63) is 65.7 Å². The Hall–Kier alpha value is -3.95. The third-order valence-corrected chi connectivity index (χ3v) is 8.91. The molecule has 4 rings (SSSR count). The number of carbonyl (C=O) groups excluding carboxylic acids is 4. The van der Waals surface area contributed by atoms with Crippen LogP contribution in [0.1, 0.15) is 42.7 Å². The van der Waals surface area contributed by atoms with Gasteiger partial charge in [-0.3, -0.25) is 19.2 Å². The van der Waals surface area contributed by atoms with E-state index in [1.165, 1.54) is 60.0 Å². The van der Waals surface area contributed by atoms with Crippen LogP contribution in [-0.2, 0) is 29.4 Å². The highest BCUT2D eigenvalue weighted by Crippen LogP contribution is 2.50. The molecule has 15 heteroatoms. The lowest BCUT2D eigenvalue weighted by Crippen LogP contribution is -2.71. The molecule has 5 N–H and O–H groups in total. The molecular formula is C25H27N5O8S2. The summed E-state index contributed by atoms with van der Waals surface area (Å²) in [4.78, 5) is 62.9.